The van der Waals surface area contributed by atoms with E-state index in [4.69, 9.17) is 4.74 Å². The maximum Gasteiger partial charge on any atom is 0.126 e. The molecule has 1 aliphatic rings. The summed E-state index contributed by atoms with van der Waals surface area (Å²) in [4.78, 5) is 0. The molecule has 1 N–H and O–H groups in total. The molecule has 82 valence electrons. The first-order valence-electron chi connectivity index (χ1n) is 5.59. The number of fused-ring (bicyclic) bond motifs is 1. The van der Waals surface area contributed by atoms with Crippen LogP contribution in [0.3, 0.4) is 0 Å². The standard InChI is InChI=1S/C13H18O2/c1-8(2)11-6-10(14)7-12-13(11)9(3)4-5-15-12/h6-9,14H,4-5H2,1-3H3. The SMILES string of the molecule is CC(C)c1cc(O)cc2c1C(C)CCO2. The Hall–Kier alpha value is -1.18. The lowest BCUT2D eigenvalue weighted by atomic mass is 9.86. The van der Waals surface area contributed by atoms with Crippen LogP contribution in [0.4, 0.5) is 0 Å². The molecule has 0 radical (unpaired) electrons. The Labute approximate surface area is 90.9 Å². The van der Waals surface area contributed by atoms with Crippen molar-refractivity contribution >= 4 is 0 Å². The summed E-state index contributed by atoms with van der Waals surface area (Å²) in [6.07, 6.45) is 1.07. The van der Waals surface area contributed by atoms with Gasteiger partial charge in [0.15, 0.2) is 0 Å². The molecule has 0 aromatic heterocycles. The molecule has 1 unspecified atom stereocenters. The average Bonchev–Trinajstić information content (AvgIpc) is 2.16. The van der Waals surface area contributed by atoms with Gasteiger partial charge in [0.25, 0.3) is 0 Å². The van der Waals surface area contributed by atoms with Crippen molar-refractivity contribution in [2.45, 2.75) is 39.0 Å². The molecule has 2 nitrogen and oxygen atoms in total. The van der Waals surface area contributed by atoms with Gasteiger partial charge in [-0.1, -0.05) is 20.8 Å². The largest absolute Gasteiger partial charge is 0.508 e. The molecule has 0 amide bonds. The fraction of sp³-hybridized carbons (Fsp3) is 0.538. The Morgan fingerprint density at radius 2 is 2.13 bits per heavy atom. The highest BCUT2D eigenvalue weighted by Crippen LogP contribution is 2.41. The van der Waals surface area contributed by atoms with E-state index in [0.717, 1.165) is 18.8 Å². The molecule has 2 rings (SSSR count). The lowest BCUT2D eigenvalue weighted by Gasteiger charge is -2.27. The van der Waals surface area contributed by atoms with Crippen molar-refractivity contribution in [3.63, 3.8) is 0 Å². The third-order valence-corrected chi connectivity index (χ3v) is 3.08. The molecule has 0 saturated heterocycles. The third kappa shape index (κ3) is 1.81. The minimum absolute atomic E-state index is 0.312. The van der Waals surface area contributed by atoms with Crippen LogP contribution in [0.15, 0.2) is 12.1 Å². The van der Waals surface area contributed by atoms with Crippen LogP contribution in [0.5, 0.6) is 11.5 Å². The quantitative estimate of drug-likeness (QED) is 0.763. The van der Waals surface area contributed by atoms with Crippen molar-refractivity contribution < 1.29 is 9.84 Å². The molecule has 0 spiro atoms. The van der Waals surface area contributed by atoms with Gasteiger partial charge in [0.05, 0.1) is 6.61 Å². The molecule has 0 aliphatic carbocycles. The minimum Gasteiger partial charge on any atom is -0.508 e. The van der Waals surface area contributed by atoms with Crippen molar-refractivity contribution in [3.05, 3.63) is 23.3 Å². The number of benzene rings is 1. The van der Waals surface area contributed by atoms with E-state index in [2.05, 4.69) is 20.8 Å². The van der Waals surface area contributed by atoms with E-state index in [1.807, 2.05) is 6.07 Å². The highest BCUT2D eigenvalue weighted by atomic mass is 16.5. The van der Waals surface area contributed by atoms with Gasteiger partial charge in [-0.3, -0.25) is 0 Å². The van der Waals surface area contributed by atoms with Crippen LogP contribution in [-0.4, -0.2) is 11.7 Å². The fourth-order valence-electron chi connectivity index (χ4n) is 2.25. The minimum atomic E-state index is 0.312. The molecule has 1 atom stereocenters. The predicted molar refractivity (Wildman–Crippen MR) is 60.7 cm³/mol. The first-order chi connectivity index (χ1) is 7.09. The average molecular weight is 206 g/mol. The second-order valence-electron chi connectivity index (χ2n) is 4.64. The number of phenols is 1. The van der Waals surface area contributed by atoms with Gasteiger partial charge in [0, 0.05) is 11.6 Å². The summed E-state index contributed by atoms with van der Waals surface area (Å²) < 4.78 is 5.61. The van der Waals surface area contributed by atoms with Gasteiger partial charge in [-0.15, -0.1) is 0 Å². The molecule has 2 heteroatoms. The van der Waals surface area contributed by atoms with E-state index in [1.165, 1.54) is 11.1 Å². The predicted octanol–water partition coefficient (Wildman–Crippen LogP) is 3.40. The second kappa shape index (κ2) is 3.76. The topological polar surface area (TPSA) is 29.5 Å². The lowest BCUT2D eigenvalue weighted by molar-refractivity contribution is 0.269. The highest BCUT2D eigenvalue weighted by molar-refractivity contribution is 5.50. The highest BCUT2D eigenvalue weighted by Gasteiger charge is 2.23. The second-order valence-corrected chi connectivity index (χ2v) is 4.64. The summed E-state index contributed by atoms with van der Waals surface area (Å²) >= 11 is 0. The van der Waals surface area contributed by atoms with Crippen molar-refractivity contribution in [3.8, 4) is 11.5 Å². The van der Waals surface area contributed by atoms with Crippen molar-refractivity contribution in [2.24, 2.45) is 0 Å². The normalized spacial score (nSPS) is 19.9. The van der Waals surface area contributed by atoms with Crippen molar-refractivity contribution in [1.82, 2.24) is 0 Å². The van der Waals surface area contributed by atoms with Gasteiger partial charge in [0.1, 0.15) is 11.5 Å². The van der Waals surface area contributed by atoms with Crippen molar-refractivity contribution in [1.29, 1.82) is 0 Å². The van der Waals surface area contributed by atoms with Gasteiger partial charge in [-0.25, -0.2) is 0 Å². The summed E-state index contributed by atoms with van der Waals surface area (Å²) in [6, 6.07) is 3.60. The number of hydrogen-bond donors (Lipinski definition) is 1. The number of rotatable bonds is 1. The lowest BCUT2D eigenvalue weighted by Crippen LogP contribution is -2.14. The van der Waals surface area contributed by atoms with E-state index in [0.29, 0.717) is 17.6 Å². The van der Waals surface area contributed by atoms with Crippen LogP contribution >= 0.6 is 0 Å². The maximum atomic E-state index is 9.62. The summed E-state index contributed by atoms with van der Waals surface area (Å²) in [5.41, 5.74) is 2.51. The van der Waals surface area contributed by atoms with E-state index in [9.17, 15) is 5.11 Å². The molecule has 1 heterocycles. The van der Waals surface area contributed by atoms with Crippen LogP contribution in [-0.2, 0) is 0 Å². The maximum absolute atomic E-state index is 9.62. The molecule has 1 aromatic rings. The van der Waals surface area contributed by atoms with E-state index >= 15 is 0 Å². The van der Waals surface area contributed by atoms with Gasteiger partial charge in [0.2, 0.25) is 0 Å². The zero-order valence-corrected chi connectivity index (χ0v) is 9.58. The van der Waals surface area contributed by atoms with Crippen LogP contribution in [0.1, 0.15) is 50.2 Å². The number of ether oxygens (including phenoxy) is 1. The molecule has 0 bridgehead atoms. The van der Waals surface area contributed by atoms with Crippen LogP contribution in [0, 0.1) is 0 Å². The molecule has 1 aromatic carbocycles. The van der Waals surface area contributed by atoms with Crippen LogP contribution < -0.4 is 4.74 Å². The smallest absolute Gasteiger partial charge is 0.126 e. The number of phenolic OH excluding ortho intramolecular Hbond substituents is 1. The van der Waals surface area contributed by atoms with E-state index in [-0.39, 0.29) is 0 Å². The summed E-state index contributed by atoms with van der Waals surface area (Å²) in [7, 11) is 0. The Balaban J connectivity index is 2.58. The Morgan fingerprint density at radius 1 is 1.40 bits per heavy atom. The monoisotopic (exact) mass is 206 g/mol. The molecule has 1 aliphatic heterocycles. The third-order valence-electron chi connectivity index (χ3n) is 3.08. The fourth-order valence-corrected chi connectivity index (χ4v) is 2.25. The number of hydrogen-bond acceptors (Lipinski definition) is 2. The summed E-state index contributed by atoms with van der Waals surface area (Å²) in [5, 5.41) is 9.62. The van der Waals surface area contributed by atoms with Gasteiger partial charge >= 0.3 is 0 Å². The molecule has 15 heavy (non-hydrogen) atoms. The Bertz CT molecular complexity index is 369. The van der Waals surface area contributed by atoms with Gasteiger partial charge in [-0.2, -0.15) is 0 Å². The summed E-state index contributed by atoms with van der Waals surface area (Å²) in [6.45, 7) is 7.28. The molecular weight excluding hydrogens is 188 g/mol. The van der Waals surface area contributed by atoms with Gasteiger partial charge < -0.3 is 9.84 Å². The molecule has 0 fully saturated rings. The van der Waals surface area contributed by atoms with Crippen LogP contribution in [0.25, 0.3) is 0 Å². The van der Waals surface area contributed by atoms with Crippen LogP contribution in [0.2, 0.25) is 0 Å². The Kier molecular flexibility index (Phi) is 2.59. The molecular formula is C13H18O2. The Morgan fingerprint density at radius 3 is 2.80 bits per heavy atom. The zero-order valence-electron chi connectivity index (χ0n) is 9.58. The molecule has 0 saturated carbocycles. The zero-order chi connectivity index (χ0) is 11.0. The number of aromatic hydroxyl groups is 1. The van der Waals surface area contributed by atoms with Crippen molar-refractivity contribution in [2.75, 3.05) is 6.61 Å². The summed E-state index contributed by atoms with van der Waals surface area (Å²) in [5.74, 6) is 2.14. The van der Waals surface area contributed by atoms with E-state index in [1.54, 1.807) is 6.07 Å². The first kappa shape index (κ1) is 10.3. The van der Waals surface area contributed by atoms with Gasteiger partial charge in [-0.05, 0) is 29.9 Å². The van der Waals surface area contributed by atoms with E-state index < -0.39 is 0 Å². The first-order valence-corrected chi connectivity index (χ1v) is 5.59.